The van der Waals surface area contributed by atoms with Gasteiger partial charge in [-0.2, -0.15) is 0 Å². The smallest absolute Gasteiger partial charge is 0.244 e. The number of carbonyl (C=O) groups is 1. The van der Waals surface area contributed by atoms with Gasteiger partial charge in [0, 0.05) is 25.7 Å². The lowest BCUT2D eigenvalue weighted by Crippen LogP contribution is -2.57. The second-order valence-corrected chi connectivity index (χ2v) is 6.36. The van der Waals surface area contributed by atoms with Crippen molar-refractivity contribution in [3.63, 3.8) is 0 Å². The van der Waals surface area contributed by atoms with Crippen LogP contribution in [0.5, 0.6) is 0 Å². The Labute approximate surface area is 151 Å². The van der Waals surface area contributed by atoms with E-state index in [1.807, 2.05) is 36.1 Å². The maximum absolute atomic E-state index is 12.6. The molecule has 130 valence electrons. The van der Waals surface area contributed by atoms with Crippen molar-refractivity contribution >= 4 is 30.7 Å². The summed E-state index contributed by atoms with van der Waals surface area (Å²) in [7, 11) is 0. The summed E-state index contributed by atoms with van der Waals surface area (Å²) in [6, 6.07) is 7.98. The molecule has 0 aromatic heterocycles. The van der Waals surface area contributed by atoms with Crippen molar-refractivity contribution in [2.45, 2.75) is 38.3 Å². The number of fused-ring (bicyclic) bond motifs is 1. The molecule has 2 aliphatic heterocycles. The third-order valence-electron chi connectivity index (χ3n) is 4.85. The monoisotopic (exact) mass is 359 g/mol. The molecule has 0 bridgehead atoms. The minimum Gasteiger partial charge on any atom is -0.338 e. The molecule has 2 unspecified atom stereocenters. The summed E-state index contributed by atoms with van der Waals surface area (Å²) in [6.45, 7) is 5.89. The zero-order chi connectivity index (χ0) is 14.8. The zero-order valence-electron chi connectivity index (χ0n) is 13.6. The second kappa shape index (κ2) is 8.88. The van der Waals surface area contributed by atoms with Crippen molar-refractivity contribution in [2.75, 3.05) is 26.2 Å². The topological polar surface area (TPSA) is 49.6 Å². The number of piperazine rings is 1. The highest BCUT2D eigenvalue weighted by atomic mass is 35.5. The lowest BCUT2D eigenvalue weighted by atomic mass is 9.98. The predicted molar refractivity (Wildman–Crippen MR) is 98.4 cm³/mol. The van der Waals surface area contributed by atoms with Crippen LogP contribution in [0.15, 0.2) is 24.3 Å². The molecule has 0 spiro atoms. The fraction of sp³-hybridized carbons (Fsp3) is 0.588. The number of aryl methyl sites for hydroxylation is 1. The van der Waals surface area contributed by atoms with E-state index >= 15 is 0 Å². The molecular weight excluding hydrogens is 333 g/mol. The van der Waals surface area contributed by atoms with E-state index in [0.717, 1.165) is 25.2 Å². The normalized spacial score (nSPS) is 22.3. The van der Waals surface area contributed by atoms with Gasteiger partial charge < -0.3 is 10.6 Å². The predicted octanol–water partition coefficient (Wildman–Crippen LogP) is 2.54. The van der Waals surface area contributed by atoms with Crippen LogP contribution in [0, 0.1) is 6.92 Å². The Morgan fingerprint density at radius 2 is 1.83 bits per heavy atom. The van der Waals surface area contributed by atoms with Gasteiger partial charge in [0.25, 0.3) is 0 Å². The van der Waals surface area contributed by atoms with E-state index in [9.17, 15) is 4.79 Å². The zero-order valence-corrected chi connectivity index (χ0v) is 15.2. The molecule has 2 fully saturated rings. The van der Waals surface area contributed by atoms with Crippen LogP contribution in [0.2, 0.25) is 0 Å². The van der Waals surface area contributed by atoms with Gasteiger partial charge in [0.05, 0.1) is 0 Å². The van der Waals surface area contributed by atoms with Crippen molar-refractivity contribution in [1.29, 1.82) is 0 Å². The van der Waals surface area contributed by atoms with Crippen LogP contribution in [-0.4, -0.2) is 47.9 Å². The third kappa shape index (κ3) is 4.60. The molecule has 1 aromatic rings. The van der Waals surface area contributed by atoms with Gasteiger partial charge in [0.2, 0.25) is 5.91 Å². The van der Waals surface area contributed by atoms with Gasteiger partial charge in [-0.25, -0.2) is 0 Å². The van der Waals surface area contributed by atoms with Gasteiger partial charge in [-0.15, -0.1) is 24.8 Å². The van der Waals surface area contributed by atoms with Gasteiger partial charge in [-0.1, -0.05) is 36.2 Å². The van der Waals surface area contributed by atoms with E-state index in [-0.39, 0.29) is 30.7 Å². The third-order valence-corrected chi connectivity index (χ3v) is 4.85. The summed E-state index contributed by atoms with van der Waals surface area (Å²) in [4.78, 5) is 17.1. The maximum atomic E-state index is 12.6. The number of nitrogens with two attached hydrogens (primary N) is 1. The number of hydrogen-bond acceptors (Lipinski definition) is 3. The molecule has 0 aliphatic carbocycles. The molecule has 2 saturated heterocycles. The van der Waals surface area contributed by atoms with Crippen LogP contribution in [0.25, 0.3) is 0 Å². The van der Waals surface area contributed by atoms with E-state index in [1.54, 1.807) is 0 Å². The summed E-state index contributed by atoms with van der Waals surface area (Å²) in [5.74, 6) is 0.0732. The summed E-state index contributed by atoms with van der Waals surface area (Å²) < 4.78 is 0. The van der Waals surface area contributed by atoms with Gasteiger partial charge in [-0.05, 0) is 31.9 Å². The van der Waals surface area contributed by atoms with Crippen molar-refractivity contribution in [1.82, 2.24) is 9.80 Å². The first-order valence-electron chi connectivity index (χ1n) is 8.00. The Balaban J connectivity index is 0.00000132. The average Bonchev–Trinajstić information content (AvgIpc) is 2.54. The number of halogens is 2. The van der Waals surface area contributed by atoms with Crippen LogP contribution in [0.4, 0.5) is 0 Å². The van der Waals surface area contributed by atoms with Crippen LogP contribution in [-0.2, 0) is 4.79 Å². The molecule has 2 heterocycles. The Kier molecular flexibility index (Phi) is 7.81. The first-order valence-corrected chi connectivity index (χ1v) is 8.00. The largest absolute Gasteiger partial charge is 0.338 e. The highest BCUT2D eigenvalue weighted by Crippen LogP contribution is 2.23. The van der Waals surface area contributed by atoms with Gasteiger partial charge in [-0.3, -0.25) is 9.69 Å². The van der Waals surface area contributed by atoms with E-state index in [1.165, 1.54) is 31.4 Å². The average molecular weight is 360 g/mol. The molecule has 1 amide bonds. The second-order valence-electron chi connectivity index (χ2n) is 6.36. The van der Waals surface area contributed by atoms with Crippen LogP contribution >= 0.6 is 24.8 Å². The van der Waals surface area contributed by atoms with Gasteiger partial charge in [0.1, 0.15) is 6.04 Å². The lowest BCUT2D eigenvalue weighted by molar-refractivity contribution is -0.136. The highest BCUT2D eigenvalue weighted by molar-refractivity contribution is 5.85. The van der Waals surface area contributed by atoms with E-state index in [2.05, 4.69) is 4.90 Å². The molecule has 1 aromatic carbocycles. The molecule has 0 saturated carbocycles. The minimum absolute atomic E-state index is 0. The van der Waals surface area contributed by atoms with Crippen molar-refractivity contribution < 1.29 is 4.79 Å². The molecular formula is C17H27Cl2N3O. The van der Waals surface area contributed by atoms with Gasteiger partial charge in [0.15, 0.2) is 0 Å². The Bertz CT molecular complexity index is 509. The molecule has 3 rings (SSSR count). The number of nitrogens with zero attached hydrogens (tertiary/aromatic N) is 2. The Hall–Kier alpha value is -0.810. The van der Waals surface area contributed by atoms with Crippen LogP contribution in [0.1, 0.15) is 36.4 Å². The first kappa shape index (κ1) is 20.2. The summed E-state index contributed by atoms with van der Waals surface area (Å²) >= 11 is 0. The van der Waals surface area contributed by atoms with Crippen molar-refractivity contribution in [3.8, 4) is 0 Å². The van der Waals surface area contributed by atoms with Gasteiger partial charge >= 0.3 is 0 Å². The minimum atomic E-state index is -0.527. The van der Waals surface area contributed by atoms with E-state index in [0.29, 0.717) is 6.04 Å². The fourth-order valence-corrected chi connectivity index (χ4v) is 3.47. The van der Waals surface area contributed by atoms with E-state index < -0.39 is 6.04 Å². The Morgan fingerprint density at radius 3 is 2.52 bits per heavy atom. The number of hydrogen-bond donors (Lipinski definition) is 1. The molecule has 6 heteroatoms. The maximum Gasteiger partial charge on any atom is 0.244 e. The lowest BCUT2D eigenvalue weighted by Gasteiger charge is -2.44. The summed E-state index contributed by atoms with van der Waals surface area (Å²) in [5, 5.41) is 0. The number of amides is 1. The standard InChI is InChI=1S/C17H25N3O.2ClH/c1-13-5-7-14(8-6-13)16(18)17(21)20-11-10-19-9-3-2-4-15(19)12-20;;/h5-8,15-16H,2-4,9-12,18H2,1H3;2*1H. The summed E-state index contributed by atoms with van der Waals surface area (Å²) in [5.41, 5.74) is 8.29. The number of benzene rings is 1. The van der Waals surface area contributed by atoms with E-state index in [4.69, 9.17) is 5.73 Å². The summed E-state index contributed by atoms with van der Waals surface area (Å²) in [6.07, 6.45) is 3.80. The quantitative estimate of drug-likeness (QED) is 0.882. The van der Waals surface area contributed by atoms with Crippen molar-refractivity contribution in [3.05, 3.63) is 35.4 Å². The number of carbonyl (C=O) groups excluding carboxylic acids is 1. The molecule has 0 radical (unpaired) electrons. The number of rotatable bonds is 2. The SMILES string of the molecule is Cc1ccc(C(N)C(=O)N2CCN3CCCCC3C2)cc1.Cl.Cl. The highest BCUT2D eigenvalue weighted by Gasteiger charge is 2.32. The molecule has 2 atom stereocenters. The number of piperidine rings is 1. The van der Waals surface area contributed by atoms with Crippen LogP contribution < -0.4 is 5.73 Å². The molecule has 23 heavy (non-hydrogen) atoms. The fourth-order valence-electron chi connectivity index (χ4n) is 3.47. The van der Waals surface area contributed by atoms with Crippen molar-refractivity contribution in [2.24, 2.45) is 5.73 Å². The first-order chi connectivity index (χ1) is 10.1. The molecule has 2 aliphatic rings. The van der Waals surface area contributed by atoms with Crippen LogP contribution in [0.3, 0.4) is 0 Å². The Morgan fingerprint density at radius 1 is 1.13 bits per heavy atom. The molecule has 4 nitrogen and oxygen atoms in total. The molecule has 2 N–H and O–H groups in total.